The van der Waals surface area contributed by atoms with Crippen molar-refractivity contribution in [1.29, 1.82) is 0 Å². The second-order valence-corrected chi connectivity index (χ2v) is 9.69. The largest absolute Gasteiger partial charge is 0.497 e. The van der Waals surface area contributed by atoms with E-state index in [0.717, 1.165) is 69.7 Å². The maximum atomic E-state index is 12.8. The number of aryl methyl sites for hydroxylation is 1. The lowest BCUT2D eigenvalue weighted by Gasteiger charge is -2.34. The molecule has 8 heteroatoms. The van der Waals surface area contributed by atoms with Crippen LogP contribution in [-0.4, -0.2) is 68.1 Å². The van der Waals surface area contributed by atoms with Crippen LogP contribution in [0, 0.1) is 0 Å². The van der Waals surface area contributed by atoms with Gasteiger partial charge in [0.15, 0.2) is 0 Å². The van der Waals surface area contributed by atoms with Crippen LogP contribution in [0.3, 0.4) is 0 Å². The molecule has 0 radical (unpaired) electrons. The number of hydrogen-bond donors (Lipinski definition) is 1. The van der Waals surface area contributed by atoms with Crippen molar-refractivity contribution in [3.05, 3.63) is 45.8 Å². The van der Waals surface area contributed by atoms with Gasteiger partial charge in [0, 0.05) is 37.6 Å². The third-order valence-electron chi connectivity index (χ3n) is 6.28. The molecule has 1 aliphatic heterocycles. The minimum absolute atomic E-state index is 0.0691. The highest BCUT2D eigenvalue weighted by molar-refractivity contribution is 7.17. The minimum atomic E-state index is -0.321. The normalized spacial score (nSPS) is 16.8. The van der Waals surface area contributed by atoms with Crippen molar-refractivity contribution in [2.24, 2.45) is 0 Å². The van der Waals surface area contributed by atoms with Crippen molar-refractivity contribution in [2.75, 3.05) is 51.8 Å². The summed E-state index contributed by atoms with van der Waals surface area (Å²) in [5, 5.41) is 3.68. The predicted molar refractivity (Wildman–Crippen MR) is 130 cm³/mol. The van der Waals surface area contributed by atoms with Gasteiger partial charge in [0.2, 0.25) is 5.91 Å². The first-order valence-electron chi connectivity index (χ1n) is 11.8. The van der Waals surface area contributed by atoms with Gasteiger partial charge < -0.3 is 14.8 Å². The summed E-state index contributed by atoms with van der Waals surface area (Å²) in [5.41, 5.74) is 2.88. The molecule has 0 atom stereocenters. The molecule has 33 heavy (non-hydrogen) atoms. The van der Waals surface area contributed by atoms with Gasteiger partial charge in [0.25, 0.3) is 0 Å². The summed E-state index contributed by atoms with van der Waals surface area (Å²) in [4.78, 5) is 31.2. The van der Waals surface area contributed by atoms with Crippen LogP contribution in [0.15, 0.2) is 24.3 Å². The van der Waals surface area contributed by atoms with E-state index in [1.165, 1.54) is 10.4 Å². The fourth-order valence-corrected chi connectivity index (χ4v) is 5.87. The Labute approximate surface area is 199 Å². The van der Waals surface area contributed by atoms with E-state index in [9.17, 15) is 9.59 Å². The van der Waals surface area contributed by atoms with E-state index < -0.39 is 0 Å². The lowest BCUT2D eigenvalue weighted by atomic mass is 9.95. The second kappa shape index (κ2) is 11.1. The van der Waals surface area contributed by atoms with E-state index >= 15 is 0 Å². The molecule has 4 rings (SSSR count). The Balaban J connectivity index is 1.32. The van der Waals surface area contributed by atoms with Crippen molar-refractivity contribution in [3.8, 4) is 5.75 Å². The van der Waals surface area contributed by atoms with Crippen LogP contribution in [-0.2, 0) is 28.9 Å². The van der Waals surface area contributed by atoms with Gasteiger partial charge in [-0.1, -0.05) is 12.1 Å². The summed E-state index contributed by atoms with van der Waals surface area (Å²) in [6.45, 7) is 6.84. The first-order valence-corrected chi connectivity index (χ1v) is 12.6. The zero-order chi connectivity index (χ0) is 23.2. The number of benzene rings is 1. The molecule has 0 bridgehead atoms. The average Bonchev–Trinajstić information content (AvgIpc) is 3.18. The molecule has 1 aliphatic carbocycles. The molecule has 0 spiro atoms. The number of esters is 1. The number of amides is 1. The first-order chi connectivity index (χ1) is 16.1. The molecule has 1 aromatic heterocycles. The summed E-state index contributed by atoms with van der Waals surface area (Å²) in [6, 6.07) is 8.16. The van der Waals surface area contributed by atoms with E-state index in [1.807, 2.05) is 19.1 Å². The number of nitrogens with one attached hydrogen (secondary N) is 1. The third kappa shape index (κ3) is 5.93. The zero-order valence-corrected chi connectivity index (χ0v) is 20.3. The van der Waals surface area contributed by atoms with Crippen LogP contribution in [0.4, 0.5) is 5.00 Å². The van der Waals surface area contributed by atoms with Gasteiger partial charge in [-0.05, 0) is 55.9 Å². The van der Waals surface area contributed by atoms with Crippen LogP contribution in [0.5, 0.6) is 5.75 Å². The third-order valence-corrected chi connectivity index (χ3v) is 7.48. The number of fused-ring (bicyclic) bond motifs is 1. The van der Waals surface area contributed by atoms with Crippen LogP contribution in [0.25, 0.3) is 0 Å². The maximum Gasteiger partial charge on any atom is 0.341 e. The van der Waals surface area contributed by atoms with Gasteiger partial charge in [-0.15, -0.1) is 11.3 Å². The molecule has 7 nitrogen and oxygen atoms in total. The molecular formula is C25H33N3O4S. The number of carbonyl (C=O) groups is 2. The molecule has 2 aliphatic rings. The van der Waals surface area contributed by atoms with Crippen molar-refractivity contribution in [2.45, 2.75) is 39.2 Å². The first kappa shape index (κ1) is 23.7. The molecule has 2 heterocycles. The van der Waals surface area contributed by atoms with Crippen LogP contribution in [0.2, 0.25) is 0 Å². The number of anilines is 1. The van der Waals surface area contributed by atoms with E-state index in [2.05, 4.69) is 27.2 Å². The Kier molecular flexibility index (Phi) is 8.01. The smallest absolute Gasteiger partial charge is 0.341 e. The number of piperazine rings is 1. The quantitative estimate of drug-likeness (QED) is 0.594. The number of thiophene rings is 1. The molecule has 0 unspecified atom stereocenters. The van der Waals surface area contributed by atoms with Gasteiger partial charge in [0.05, 0.1) is 25.8 Å². The molecule has 1 N–H and O–H groups in total. The second-order valence-electron chi connectivity index (χ2n) is 8.59. The molecule has 1 fully saturated rings. The van der Waals surface area contributed by atoms with Gasteiger partial charge in [-0.3, -0.25) is 14.6 Å². The van der Waals surface area contributed by atoms with Gasteiger partial charge >= 0.3 is 5.97 Å². The van der Waals surface area contributed by atoms with Gasteiger partial charge in [-0.25, -0.2) is 4.79 Å². The lowest BCUT2D eigenvalue weighted by molar-refractivity contribution is -0.117. The highest BCUT2D eigenvalue weighted by Gasteiger charge is 2.28. The number of ether oxygens (including phenoxy) is 2. The highest BCUT2D eigenvalue weighted by Crippen LogP contribution is 2.38. The van der Waals surface area contributed by atoms with Gasteiger partial charge in [-0.2, -0.15) is 0 Å². The number of rotatable bonds is 8. The number of methoxy groups -OCH3 is 1. The summed E-state index contributed by atoms with van der Waals surface area (Å²) in [6.07, 6.45) is 4.05. The van der Waals surface area contributed by atoms with E-state index in [-0.39, 0.29) is 11.9 Å². The Bertz CT molecular complexity index is 982. The Morgan fingerprint density at radius 2 is 1.85 bits per heavy atom. The number of nitrogens with zero attached hydrogens (tertiary/aromatic N) is 2. The molecular weight excluding hydrogens is 438 g/mol. The molecule has 178 valence electrons. The monoisotopic (exact) mass is 471 g/mol. The average molecular weight is 472 g/mol. The summed E-state index contributed by atoms with van der Waals surface area (Å²) >= 11 is 1.54. The zero-order valence-electron chi connectivity index (χ0n) is 19.5. The Morgan fingerprint density at radius 3 is 2.61 bits per heavy atom. The summed E-state index contributed by atoms with van der Waals surface area (Å²) in [7, 11) is 1.68. The van der Waals surface area contributed by atoms with E-state index in [0.29, 0.717) is 23.7 Å². The van der Waals surface area contributed by atoms with Crippen molar-refractivity contribution in [1.82, 2.24) is 9.80 Å². The fraction of sp³-hybridized carbons (Fsp3) is 0.520. The Hall–Kier alpha value is -2.42. The SMILES string of the molecule is CCOC(=O)c1c(NC(=O)CN2CCN(Cc3cccc(OC)c3)CC2)sc2c1CCCC2. The minimum Gasteiger partial charge on any atom is -0.497 e. The molecule has 1 saturated heterocycles. The molecule has 2 aromatic rings. The predicted octanol–water partition coefficient (Wildman–Crippen LogP) is 3.57. The number of hydrogen-bond acceptors (Lipinski definition) is 7. The molecule has 0 saturated carbocycles. The van der Waals surface area contributed by atoms with Crippen LogP contribution in [0.1, 0.15) is 46.1 Å². The topological polar surface area (TPSA) is 71.1 Å². The van der Waals surface area contributed by atoms with E-state index in [1.54, 1.807) is 18.4 Å². The van der Waals surface area contributed by atoms with Crippen molar-refractivity contribution < 1.29 is 19.1 Å². The summed E-state index contributed by atoms with van der Waals surface area (Å²) < 4.78 is 10.6. The van der Waals surface area contributed by atoms with Crippen molar-refractivity contribution in [3.63, 3.8) is 0 Å². The van der Waals surface area contributed by atoms with E-state index in [4.69, 9.17) is 9.47 Å². The van der Waals surface area contributed by atoms with Crippen LogP contribution < -0.4 is 10.1 Å². The fourth-order valence-electron chi connectivity index (χ4n) is 4.58. The van der Waals surface area contributed by atoms with Crippen LogP contribution >= 0.6 is 11.3 Å². The summed E-state index contributed by atoms with van der Waals surface area (Å²) in [5.74, 6) is 0.485. The van der Waals surface area contributed by atoms with Crippen molar-refractivity contribution >= 4 is 28.2 Å². The van der Waals surface area contributed by atoms with Gasteiger partial charge in [0.1, 0.15) is 10.8 Å². The maximum absolute atomic E-state index is 12.8. The lowest BCUT2D eigenvalue weighted by Crippen LogP contribution is -2.48. The number of carbonyl (C=O) groups excluding carboxylic acids is 2. The molecule has 1 amide bonds. The molecule has 1 aromatic carbocycles. The standard InChI is InChI=1S/C25H33N3O4S/c1-3-32-25(30)23-20-9-4-5-10-21(20)33-24(23)26-22(29)17-28-13-11-27(12-14-28)16-18-7-6-8-19(15-18)31-2/h6-8,15H,3-5,9-14,16-17H2,1-2H3,(H,26,29). The Morgan fingerprint density at radius 1 is 1.09 bits per heavy atom. The highest BCUT2D eigenvalue weighted by atomic mass is 32.1.